The highest BCUT2D eigenvalue weighted by molar-refractivity contribution is 5.94. The molecule has 0 N–H and O–H groups in total. The van der Waals surface area contributed by atoms with Crippen molar-refractivity contribution in [2.24, 2.45) is 0 Å². The summed E-state index contributed by atoms with van der Waals surface area (Å²) in [4.78, 5) is 14.5. The molecule has 1 aliphatic heterocycles. The molecule has 1 amide bonds. The molecular weight excluding hydrogens is 290 g/mol. The van der Waals surface area contributed by atoms with Crippen LogP contribution >= 0.6 is 0 Å². The van der Waals surface area contributed by atoms with E-state index in [0.717, 1.165) is 11.3 Å². The molecule has 23 heavy (non-hydrogen) atoms. The summed E-state index contributed by atoms with van der Waals surface area (Å²) in [6.07, 6.45) is -0.0587. The molecule has 0 radical (unpaired) electrons. The molecule has 2 aromatic carbocycles. The van der Waals surface area contributed by atoms with E-state index in [1.165, 1.54) is 0 Å². The molecule has 0 bridgehead atoms. The zero-order valence-electron chi connectivity index (χ0n) is 13.3. The summed E-state index contributed by atoms with van der Waals surface area (Å²) in [5.41, 5.74) is 1.79. The Morgan fingerprint density at radius 3 is 2.61 bits per heavy atom. The molecule has 0 saturated carbocycles. The summed E-state index contributed by atoms with van der Waals surface area (Å²) in [6.45, 7) is 4.32. The largest absolute Gasteiger partial charge is 0.494 e. The standard InChI is InChI=1S/C19H21NO3/c1-2-22-17-10-8-16(9-11-17)19(21)20-12-13-23-18(14-20)15-6-4-3-5-7-15/h3-11,18H,2,12-14H2,1H3/t18-/m1/s1. The van der Waals surface area contributed by atoms with Crippen molar-refractivity contribution >= 4 is 5.91 Å². The molecule has 1 atom stereocenters. The zero-order valence-corrected chi connectivity index (χ0v) is 13.3. The van der Waals surface area contributed by atoms with E-state index in [9.17, 15) is 4.79 Å². The lowest BCUT2D eigenvalue weighted by Gasteiger charge is -2.33. The number of benzene rings is 2. The van der Waals surface area contributed by atoms with E-state index in [-0.39, 0.29) is 12.0 Å². The van der Waals surface area contributed by atoms with Crippen LogP contribution in [0.1, 0.15) is 28.9 Å². The van der Waals surface area contributed by atoms with Crippen molar-refractivity contribution in [1.29, 1.82) is 0 Å². The Kier molecular flexibility index (Phi) is 4.93. The summed E-state index contributed by atoms with van der Waals surface area (Å²) < 4.78 is 11.2. The number of carbonyl (C=O) groups excluding carboxylic acids is 1. The fraction of sp³-hybridized carbons (Fsp3) is 0.316. The van der Waals surface area contributed by atoms with E-state index >= 15 is 0 Å². The van der Waals surface area contributed by atoms with Gasteiger partial charge in [-0.2, -0.15) is 0 Å². The van der Waals surface area contributed by atoms with Crippen molar-refractivity contribution in [1.82, 2.24) is 4.90 Å². The minimum atomic E-state index is -0.0587. The van der Waals surface area contributed by atoms with Gasteiger partial charge in [-0.15, -0.1) is 0 Å². The third-order valence-corrected chi connectivity index (χ3v) is 3.94. The summed E-state index contributed by atoms with van der Waals surface area (Å²) in [5.74, 6) is 0.825. The molecule has 0 spiro atoms. The lowest BCUT2D eigenvalue weighted by atomic mass is 10.1. The van der Waals surface area contributed by atoms with Crippen LogP contribution in [0.15, 0.2) is 54.6 Å². The molecule has 120 valence electrons. The van der Waals surface area contributed by atoms with Crippen LogP contribution in [0.25, 0.3) is 0 Å². The smallest absolute Gasteiger partial charge is 0.254 e. The van der Waals surface area contributed by atoms with Gasteiger partial charge >= 0.3 is 0 Å². The molecule has 3 rings (SSSR count). The maximum absolute atomic E-state index is 12.7. The number of nitrogens with zero attached hydrogens (tertiary/aromatic N) is 1. The topological polar surface area (TPSA) is 38.8 Å². The van der Waals surface area contributed by atoms with Gasteiger partial charge in [-0.3, -0.25) is 4.79 Å². The first kappa shape index (κ1) is 15.6. The second-order valence-corrected chi connectivity index (χ2v) is 5.48. The second kappa shape index (κ2) is 7.29. The molecule has 0 aromatic heterocycles. The van der Waals surface area contributed by atoms with E-state index < -0.39 is 0 Å². The maximum atomic E-state index is 12.7. The Balaban J connectivity index is 1.69. The Labute approximate surface area is 136 Å². The van der Waals surface area contributed by atoms with Crippen molar-refractivity contribution < 1.29 is 14.3 Å². The van der Waals surface area contributed by atoms with Gasteiger partial charge in [-0.05, 0) is 36.8 Å². The van der Waals surface area contributed by atoms with E-state index in [2.05, 4.69) is 0 Å². The van der Waals surface area contributed by atoms with E-state index in [0.29, 0.717) is 31.9 Å². The van der Waals surface area contributed by atoms with Gasteiger partial charge in [0.15, 0.2) is 0 Å². The third kappa shape index (κ3) is 3.71. The van der Waals surface area contributed by atoms with Crippen LogP contribution in [0.4, 0.5) is 0 Å². The Morgan fingerprint density at radius 2 is 1.91 bits per heavy atom. The minimum absolute atomic E-state index is 0.0391. The van der Waals surface area contributed by atoms with Gasteiger partial charge in [-0.25, -0.2) is 0 Å². The summed E-state index contributed by atoms with van der Waals surface area (Å²) in [6, 6.07) is 17.4. The van der Waals surface area contributed by atoms with Crippen molar-refractivity contribution in [3.05, 3.63) is 65.7 Å². The van der Waals surface area contributed by atoms with E-state index in [4.69, 9.17) is 9.47 Å². The maximum Gasteiger partial charge on any atom is 0.254 e. The number of rotatable bonds is 4. The fourth-order valence-corrected chi connectivity index (χ4v) is 2.75. The molecule has 1 fully saturated rings. The summed E-state index contributed by atoms with van der Waals surface area (Å²) in [7, 11) is 0. The lowest BCUT2D eigenvalue weighted by molar-refractivity contribution is -0.0228. The lowest BCUT2D eigenvalue weighted by Crippen LogP contribution is -2.42. The normalized spacial score (nSPS) is 17.8. The van der Waals surface area contributed by atoms with Gasteiger partial charge in [0, 0.05) is 12.1 Å². The Morgan fingerprint density at radius 1 is 1.17 bits per heavy atom. The first-order chi connectivity index (χ1) is 11.3. The van der Waals surface area contributed by atoms with Gasteiger partial charge < -0.3 is 14.4 Å². The van der Waals surface area contributed by atoms with E-state index in [1.807, 2.05) is 66.4 Å². The molecule has 1 aliphatic rings. The highest BCUT2D eigenvalue weighted by atomic mass is 16.5. The number of hydrogen-bond acceptors (Lipinski definition) is 3. The van der Waals surface area contributed by atoms with Gasteiger partial charge in [0.05, 0.1) is 19.8 Å². The number of ether oxygens (including phenoxy) is 2. The highest BCUT2D eigenvalue weighted by Gasteiger charge is 2.25. The van der Waals surface area contributed by atoms with E-state index in [1.54, 1.807) is 0 Å². The predicted octanol–water partition coefficient (Wildman–Crippen LogP) is 3.30. The van der Waals surface area contributed by atoms with Crippen LogP contribution in [-0.4, -0.2) is 37.1 Å². The van der Waals surface area contributed by atoms with Crippen LogP contribution in [0, 0.1) is 0 Å². The first-order valence-corrected chi connectivity index (χ1v) is 7.96. The fourth-order valence-electron chi connectivity index (χ4n) is 2.75. The first-order valence-electron chi connectivity index (χ1n) is 7.96. The van der Waals surface area contributed by atoms with Crippen LogP contribution in [0.3, 0.4) is 0 Å². The number of carbonyl (C=O) groups is 1. The molecule has 1 heterocycles. The predicted molar refractivity (Wildman–Crippen MR) is 88.6 cm³/mol. The average molecular weight is 311 g/mol. The van der Waals surface area contributed by atoms with Crippen molar-refractivity contribution in [2.75, 3.05) is 26.3 Å². The van der Waals surface area contributed by atoms with Crippen LogP contribution < -0.4 is 4.74 Å². The minimum Gasteiger partial charge on any atom is -0.494 e. The second-order valence-electron chi connectivity index (χ2n) is 5.48. The Bertz CT molecular complexity index is 639. The molecule has 0 aliphatic carbocycles. The molecule has 1 saturated heterocycles. The highest BCUT2D eigenvalue weighted by Crippen LogP contribution is 2.23. The number of amides is 1. The van der Waals surface area contributed by atoms with Crippen LogP contribution in [0.5, 0.6) is 5.75 Å². The molecular formula is C19H21NO3. The molecule has 4 heteroatoms. The Hall–Kier alpha value is -2.33. The summed E-state index contributed by atoms with van der Waals surface area (Å²) >= 11 is 0. The SMILES string of the molecule is CCOc1ccc(C(=O)N2CCO[C@@H](c3ccccc3)C2)cc1. The van der Waals surface area contributed by atoms with Gasteiger partial charge in [0.1, 0.15) is 11.9 Å². The quantitative estimate of drug-likeness (QED) is 0.869. The number of morpholine rings is 1. The number of hydrogen-bond donors (Lipinski definition) is 0. The molecule has 0 unspecified atom stereocenters. The molecule has 4 nitrogen and oxygen atoms in total. The average Bonchev–Trinajstić information content (AvgIpc) is 2.63. The van der Waals surface area contributed by atoms with Gasteiger partial charge in [0.25, 0.3) is 5.91 Å². The third-order valence-electron chi connectivity index (χ3n) is 3.94. The van der Waals surface area contributed by atoms with Crippen molar-refractivity contribution in [3.63, 3.8) is 0 Å². The monoisotopic (exact) mass is 311 g/mol. The zero-order chi connectivity index (χ0) is 16.1. The van der Waals surface area contributed by atoms with Crippen LogP contribution in [-0.2, 0) is 4.74 Å². The van der Waals surface area contributed by atoms with Crippen LogP contribution in [0.2, 0.25) is 0 Å². The van der Waals surface area contributed by atoms with Gasteiger partial charge in [0.2, 0.25) is 0 Å². The van der Waals surface area contributed by atoms with Gasteiger partial charge in [-0.1, -0.05) is 30.3 Å². The van der Waals surface area contributed by atoms with Crippen molar-refractivity contribution in [2.45, 2.75) is 13.0 Å². The summed E-state index contributed by atoms with van der Waals surface area (Å²) in [5, 5.41) is 0. The van der Waals surface area contributed by atoms with Crippen molar-refractivity contribution in [3.8, 4) is 5.75 Å². The molecule has 2 aromatic rings.